The average Bonchev–Trinajstić information content (AvgIpc) is 3.33. The van der Waals surface area contributed by atoms with Gasteiger partial charge in [0.1, 0.15) is 0 Å². The number of hydrogen-bond donors (Lipinski definition) is 3. The zero-order valence-corrected chi connectivity index (χ0v) is 22.7. The fraction of sp³-hybridized carbons (Fsp3) is 0.333. The minimum atomic E-state index is -0.819. The lowest BCUT2D eigenvalue weighted by molar-refractivity contribution is -0.137. The van der Waals surface area contributed by atoms with Gasteiger partial charge in [0.25, 0.3) is 0 Å². The van der Waals surface area contributed by atoms with Gasteiger partial charge in [0.05, 0.1) is 12.5 Å². The molecule has 0 bridgehead atoms. The van der Waals surface area contributed by atoms with Crippen LogP contribution in [0.3, 0.4) is 0 Å². The number of hydrogen-bond acceptors (Lipinski definition) is 3. The van der Waals surface area contributed by atoms with E-state index in [-0.39, 0.29) is 24.8 Å². The molecule has 1 aliphatic heterocycles. The Labute approximate surface area is 230 Å². The van der Waals surface area contributed by atoms with Crippen LogP contribution in [0.25, 0.3) is 10.9 Å². The van der Waals surface area contributed by atoms with Gasteiger partial charge in [0, 0.05) is 47.9 Å². The van der Waals surface area contributed by atoms with Gasteiger partial charge in [-0.25, -0.2) is 0 Å². The van der Waals surface area contributed by atoms with Gasteiger partial charge in [0.2, 0.25) is 5.91 Å². The predicted octanol–water partition coefficient (Wildman–Crippen LogP) is 6.12. The molecular formula is C33H37N3O3. The van der Waals surface area contributed by atoms with E-state index in [4.69, 9.17) is 5.11 Å². The number of H-pyrrole nitrogens is 1. The molecule has 3 atom stereocenters. The molecule has 3 N–H and O–H groups in total. The van der Waals surface area contributed by atoms with E-state index in [1.165, 1.54) is 12.1 Å². The number of piperidine rings is 1. The lowest BCUT2D eigenvalue weighted by Crippen LogP contribution is -2.40. The maximum Gasteiger partial charge on any atom is 0.303 e. The molecule has 1 fully saturated rings. The third kappa shape index (κ3) is 6.33. The molecule has 6 nitrogen and oxygen atoms in total. The van der Waals surface area contributed by atoms with Crippen LogP contribution in [0.2, 0.25) is 0 Å². The number of nitrogens with zero attached hydrogens (tertiary/aromatic N) is 1. The van der Waals surface area contributed by atoms with Crippen LogP contribution in [0, 0.1) is 11.8 Å². The Morgan fingerprint density at radius 3 is 2.46 bits per heavy atom. The van der Waals surface area contributed by atoms with Crippen LogP contribution < -0.4 is 10.2 Å². The van der Waals surface area contributed by atoms with Crippen molar-refractivity contribution in [3.63, 3.8) is 0 Å². The van der Waals surface area contributed by atoms with Crippen LogP contribution in [-0.2, 0) is 22.4 Å². The van der Waals surface area contributed by atoms with Gasteiger partial charge in [0.15, 0.2) is 0 Å². The van der Waals surface area contributed by atoms with Crippen LogP contribution in [-0.4, -0.2) is 35.1 Å². The van der Waals surface area contributed by atoms with Gasteiger partial charge in [-0.05, 0) is 59.6 Å². The predicted molar refractivity (Wildman–Crippen MR) is 156 cm³/mol. The van der Waals surface area contributed by atoms with E-state index in [1.54, 1.807) is 0 Å². The number of anilines is 1. The number of aryl methyl sites for hydroxylation is 1. The molecule has 1 amide bonds. The number of carboxylic acids is 1. The van der Waals surface area contributed by atoms with Gasteiger partial charge in [-0.15, -0.1) is 0 Å². The number of para-hydroxylation sites is 1. The molecule has 0 spiro atoms. The number of aliphatic carboxylic acids is 1. The minimum absolute atomic E-state index is 0.0546. The first-order chi connectivity index (χ1) is 18.9. The maximum atomic E-state index is 13.5. The summed E-state index contributed by atoms with van der Waals surface area (Å²) in [6.07, 6.45) is 3.86. The summed E-state index contributed by atoms with van der Waals surface area (Å²) >= 11 is 0. The molecule has 4 aromatic rings. The lowest BCUT2D eigenvalue weighted by Gasteiger charge is -2.38. The quantitative estimate of drug-likeness (QED) is 0.247. The van der Waals surface area contributed by atoms with Gasteiger partial charge >= 0.3 is 5.97 Å². The molecular weight excluding hydrogens is 486 g/mol. The molecule has 3 aromatic carbocycles. The fourth-order valence-electron chi connectivity index (χ4n) is 6.05. The number of carboxylic acid groups (broad SMARTS) is 1. The normalized spacial score (nSPS) is 18.2. The zero-order valence-electron chi connectivity index (χ0n) is 22.7. The first-order valence-corrected chi connectivity index (χ1v) is 13.9. The van der Waals surface area contributed by atoms with E-state index in [0.717, 1.165) is 46.2 Å². The Kier molecular flexibility index (Phi) is 8.01. The molecule has 2 heterocycles. The van der Waals surface area contributed by atoms with Gasteiger partial charge in [-0.2, -0.15) is 0 Å². The Morgan fingerprint density at radius 1 is 1.00 bits per heavy atom. The molecule has 1 aromatic heterocycles. The number of amides is 1. The summed E-state index contributed by atoms with van der Waals surface area (Å²) in [7, 11) is 0. The van der Waals surface area contributed by atoms with Crippen molar-refractivity contribution < 1.29 is 14.7 Å². The Morgan fingerprint density at radius 2 is 1.72 bits per heavy atom. The minimum Gasteiger partial charge on any atom is -0.481 e. The lowest BCUT2D eigenvalue weighted by atomic mass is 9.89. The Bertz CT molecular complexity index is 1440. The Balaban J connectivity index is 1.41. The number of benzene rings is 3. The summed E-state index contributed by atoms with van der Waals surface area (Å²) in [6.45, 7) is 6.65. The number of aromatic amines is 1. The summed E-state index contributed by atoms with van der Waals surface area (Å²) in [4.78, 5) is 30.3. The number of carbonyl (C=O) groups is 2. The van der Waals surface area contributed by atoms with Crippen molar-refractivity contribution in [2.75, 3.05) is 18.0 Å². The molecule has 1 saturated heterocycles. The highest BCUT2D eigenvalue weighted by Gasteiger charge is 2.27. The molecule has 39 heavy (non-hydrogen) atoms. The Hall–Kier alpha value is -4.06. The van der Waals surface area contributed by atoms with Crippen LogP contribution in [0.1, 0.15) is 55.0 Å². The van der Waals surface area contributed by atoms with Crippen LogP contribution in [0.5, 0.6) is 0 Å². The van der Waals surface area contributed by atoms with E-state index < -0.39 is 5.97 Å². The number of rotatable bonds is 9. The highest BCUT2D eigenvalue weighted by molar-refractivity contribution is 5.87. The fourth-order valence-corrected chi connectivity index (χ4v) is 6.05. The molecule has 1 aliphatic rings. The SMILES string of the molecule is CC1CC(C)CN(c2ccccc2C(NC(=O)Cc2ccc3[nH]cc(CCC(=O)O)c3c2)c2ccccc2)C1. The summed E-state index contributed by atoms with van der Waals surface area (Å²) in [5, 5.41) is 13.4. The highest BCUT2D eigenvalue weighted by atomic mass is 16.4. The second-order valence-corrected chi connectivity index (χ2v) is 11.1. The average molecular weight is 524 g/mol. The highest BCUT2D eigenvalue weighted by Crippen LogP contribution is 2.34. The topological polar surface area (TPSA) is 85.4 Å². The van der Waals surface area contributed by atoms with Gasteiger partial charge in [-0.1, -0.05) is 68.4 Å². The van der Waals surface area contributed by atoms with E-state index in [0.29, 0.717) is 18.3 Å². The van der Waals surface area contributed by atoms with Crippen molar-refractivity contribution in [2.45, 2.75) is 45.6 Å². The largest absolute Gasteiger partial charge is 0.481 e. The number of fused-ring (bicyclic) bond motifs is 1. The third-order valence-electron chi connectivity index (χ3n) is 7.70. The number of aromatic nitrogens is 1. The molecule has 5 rings (SSSR count). The third-order valence-corrected chi connectivity index (χ3v) is 7.70. The summed E-state index contributed by atoms with van der Waals surface area (Å²) in [5.41, 5.74) is 6.14. The van der Waals surface area contributed by atoms with Crippen LogP contribution >= 0.6 is 0 Å². The molecule has 6 heteroatoms. The van der Waals surface area contributed by atoms with Crippen LogP contribution in [0.4, 0.5) is 5.69 Å². The first-order valence-electron chi connectivity index (χ1n) is 13.9. The first kappa shape index (κ1) is 26.5. The molecule has 0 radical (unpaired) electrons. The zero-order chi connectivity index (χ0) is 27.4. The van der Waals surface area contributed by atoms with E-state index >= 15 is 0 Å². The van der Waals surface area contributed by atoms with E-state index in [2.05, 4.69) is 65.4 Å². The number of nitrogens with one attached hydrogen (secondary N) is 2. The molecule has 0 saturated carbocycles. The van der Waals surface area contributed by atoms with Crippen molar-refractivity contribution in [2.24, 2.45) is 11.8 Å². The monoisotopic (exact) mass is 523 g/mol. The second kappa shape index (κ2) is 11.8. The smallest absolute Gasteiger partial charge is 0.303 e. The van der Waals surface area contributed by atoms with Crippen molar-refractivity contribution in [1.82, 2.24) is 10.3 Å². The van der Waals surface area contributed by atoms with Crippen molar-refractivity contribution in [3.8, 4) is 0 Å². The summed E-state index contributed by atoms with van der Waals surface area (Å²) < 4.78 is 0. The van der Waals surface area contributed by atoms with E-state index in [9.17, 15) is 9.59 Å². The molecule has 0 aliphatic carbocycles. The van der Waals surface area contributed by atoms with Crippen molar-refractivity contribution >= 4 is 28.5 Å². The number of carbonyl (C=O) groups excluding carboxylic acids is 1. The van der Waals surface area contributed by atoms with E-state index in [1.807, 2.05) is 42.6 Å². The van der Waals surface area contributed by atoms with Gasteiger partial charge in [-0.3, -0.25) is 9.59 Å². The maximum absolute atomic E-state index is 13.5. The summed E-state index contributed by atoms with van der Waals surface area (Å²) in [6, 6.07) is 24.3. The van der Waals surface area contributed by atoms with Gasteiger partial charge < -0.3 is 20.3 Å². The molecule has 3 unspecified atom stereocenters. The van der Waals surface area contributed by atoms with Crippen LogP contribution in [0.15, 0.2) is 79.0 Å². The standard InChI is InChI=1S/C33H37N3O3/c1-22-16-23(2)21-36(20-22)30-11-7-6-10-27(30)33(25-8-4-3-5-9-25)35-31(37)18-24-12-14-29-28(17-24)26(19-34-29)13-15-32(38)39/h3-12,14,17,19,22-23,33-34H,13,15-16,18,20-21H2,1-2H3,(H,35,37)(H,38,39). The second-order valence-electron chi connectivity index (χ2n) is 11.1. The van der Waals surface area contributed by atoms with Crippen molar-refractivity contribution in [1.29, 1.82) is 0 Å². The summed E-state index contributed by atoms with van der Waals surface area (Å²) in [5.74, 6) is 0.368. The van der Waals surface area contributed by atoms with Crippen molar-refractivity contribution in [3.05, 3.63) is 101 Å². The molecule has 202 valence electrons.